The molecule has 1 aromatic rings. The predicted molar refractivity (Wildman–Crippen MR) is 57.2 cm³/mol. The van der Waals surface area contributed by atoms with Gasteiger partial charge in [0.1, 0.15) is 0 Å². The van der Waals surface area contributed by atoms with Crippen LogP contribution in [0, 0.1) is 33.1 Å². The van der Waals surface area contributed by atoms with Crippen LogP contribution < -0.4 is 0 Å². The number of aryl methyl sites for hydroxylation is 1. The van der Waals surface area contributed by atoms with Crippen molar-refractivity contribution in [2.45, 2.75) is 26.7 Å². The van der Waals surface area contributed by atoms with Gasteiger partial charge in [-0.1, -0.05) is 12.1 Å². The van der Waals surface area contributed by atoms with Gasteiger partial charge in [-0.15, -0.1) is 0 Å². The third-order valence-electron chi connectivity index (χ3n) is 2.54. The van der Waals surface area contributed by atoms with E-state index in [2.05, 4.69) is 5.16 Å². The van der Waals surface area contributed by atoms with Crippen molar-refractivity contribution < 1.29 is 14.4 Å². The summed E-state index contributed by atoms with van der Waals surface area (Å²) in [5.74, 6) is -0.169. The van der Waals surface area contributed by atoms with Crippen molar-refractivity contribution in [2.24, 2.45) is 5.92 Å². The molecule has 0 aromatic carbocycles. The highest BCUT2D eigenvalue weighted by Gasteiger charge is 2.27. The second-order valence-electron chi connectivity index (χ2n) is 3.79. The fourth-order valence-electron chi connectivity index (χ4n) is 1.59. The van der Waals surface area contributed by atoms with Gasteiger partial charge in [-0.25, -0.2) is 0 Å². The first-order valence-electron chi connectivity index (χ1n) is 5.17. The molecule has 0 spiro atoms. The molecule has 0 N–H and O–H groups in total. The molecule has 0 radical (unpaired) electrons. The van der Waals surface area contributed by atoms with Crippen molar-refractivity contribution in [1.82, 2.24) is 5.16 Å². The van der Waals surface area contributed by atoms with Gasteiger partial charge in [-0.05, 0) is 13.3 Å². The van der Waals surface area contributed by atoms with Crippen LogP contribution >= 0.6 is 0 Å². The molecule has 0 saturated heterocycles. The van der Waals surface area contributed by atoms with Crippen LogP contribution in [0.3, 0.4) is 0 Å². The summed E-state index contributed by atoms with van der Waals surface area (Å²) in [5.41, 5.74) is 0.0211. The molecule has 8 heteroatoms. The number of nitrogens with zero attached hydrogens (tertiary/aromatic N) is 3. The number of hydrogen-bond donors (Lipinski definition) is 0. The Balaban J connectivity index is 2.86. The number of hydrogen-bond acceptors (Lipinski definition) is 6. The maximum Gasteiger partial charge on any atom is 0.334 e. The molecule has 0 fully saturated rings. The molecule has 0 unspecified atom stereocenters. The van der Waals surface area contributed by atoms with Crippen molar-refractivity contribution in [2.75, 3.05) is 6.54 Å². The fraction of sp³-hybridized carbons (Fsp3) is 0.667. The van der Waals surface area contributed by atoms with Crippen LogP contribution in [0.1, 0.15) is 24.8 Å². The van der Waals surface area contributed by atoms with E-state index in [0.717, 1.165) is 0 Å². The van der Waals surface area contributed by atoms with Gasteiger partial charge in [0.25, 0.3) is 0 Å². The maximum absolute atomic E-state index is 10.8. The van der Waals surface area contributed by atoms with Gasteiger partial charge in [-0.2, -0.15) is 0 Å². The first kappa shape index (κ1) is 13.1. The fourth-order valence-corrected chi connectivity index (χ4v) is 1.59. The molecule has 1 aromatic heterocycles. The van der Waals surface area contributed by atoms with E-state index in [0.29, 0.717) is 6.42 Å². The summed E-state index contributed by atoms with van der Waals surface area (Å²) >= 11 is 0. The van der Waals surface area contributed by atoms with E-state index < -0.39 is 9.85 Å². The van der Waals surface area contributed by atoms with E-state index in [1.165, 1.54) is 6.92 Å². The molecular formula is C9H13N3O5. The smallest absolute Gasteiger partial charge is 0.334 e. The van der Waals surface area contributed by atoms with Gasteiger partial charge in [-0.3, -0.25) is 20.2 Å². The first-order valence-corrected chi connectivity index (χ1v) is 5.17. The largest absolute Gasteiger partial charge is 0.354 e. The number of aromatic nitrogens is 1. The van der Waals surface area contributed by atoms with Gasteiger partial charge < -0.3 is 4.52 Å². The van der Waals surface area contributed by atoms with Gasteiger partial charge in [0.2, 0.25) is 12.3 Å². The Morgan fingerprint density at radius 1 is 1.41 bits per heavy atom. The van der Waals surface area contributed by atoms with E-state index >= 15 is 0 Å². The van der Waals surface area contributed by atoms with Crippen molar-refractivity contribution in [1.29, 1.82) is 0 Å². The van der Waals surface area contributed by atoms with Crippen LogP contribution in [0.15, 0.2) is 4.52 Å². The molecule has 0 bridgehead atoms. The van der Waals surface area contributed by atoms with Gasteiger partial charge >= 0.3 is 5.69 Å². The summed E-state index contributed by atoms with van der Waals surface area (Å²) in [4.78, 5) is 20.2. The minimum atomic E-state index is -0.569. The first-order chi connectivity index (χ1) is 7.95. The molecule has 1 rings (SSSR count). The molecule has 8 nitrogen and oxygen atoms in total. The van der Waals surface area contributed by atoms with E-state index in [-0.39, 0.29) is 36.0 Å². The second-order valence-corrected chi connectivity index (χ2v) is 3.79. The van der Waals surface area contributed by atoms with E-state index in [9.17, 15) is 20.2 Å². The average Bonchev–Trinajstić information content (AvgIpc) is 2.58. The topological polar surface area (TPSA) is 112 Å². The lowest BCUT2D eigenvalue weighted by Crippen LogP contribution is -2.16. The lowest BCUT2D eigenvalue weighted by atomic mass is 10.0. The van der Waals surface area contributed by atoms with Crippen LogP contribution in [0.25, 0.3) is 0 Å². The van der Waals surface area contributed by atoms with Crippen LogP contribution in [-0.4, -0.2) is 21.5 Å². The molecule has 0 saturated carbocycles. The molecule has 0 aliphatic carbocycles. The lowest BCUT2D eigenvalue weighted by molar-refractivity contribution is -0.488. The van der Waals surface area contributed by atoms with Crippen LogP contribution in [-0.2, 0) is 6.42 Å². The van der Waals surface area contributed by atoms with Crippen LogP contribution in [0.2, 0.25) is 0 Å². The predicted octanol–water partition coefficient (Wildman–Crippen LogP) is 1.74. The Hall–Kier alpha value is -1.99. The summed E-state index contributed by atoms with van der Waals surface area (Å²) in [6, 6.07) is 0. The standard InChI is InChI=1S/C9H13N3O5/c1-3-7(5-11(13)14)4-8-9(12(15)16)6(2)10-17-8/h7H,3-5H2,1-2H3/t7-/m0/s1. The minimum absolute atomic E-state index is 0.112. The van der Waals surface area contributed by atoms with Crippen molar-refractivity contribution in [3.63, 3.8) is 0 Å². The Kier molecular flexibility index (Phi) is 4.13. The van der Waals surface area contributed by atoms with Crippen LogP contribution in [0.4, 0.5) is 5.69 Å². The second kappa shape index (κ2) is 5.37. The molecule has 0 aliphatic rings. The zero-order valence-corrected chi connectivity index (χ0v) is 9.58. The highest BCUT2D eigenvalue weighted by Crippen LogP contribution is 2.26. The van der Waals surface area contributed by atoms with Gasteiger partial charge in [0.15, 0.2) is 5.69 Å². The third kappa shape index (κ3) is 3.23. The number of nitro groups is 2. The minimum Gasteiger partial charge on any atom is -0.354 e. The molecule has 1 heterocycles. The Bertz CT molecular complexity index is 428. The molecule has 17 heavy (non-hydrogen) atoms. The normalized spacial score (nSPS) is 12.4. The zero-order valence-electron chi connectivity index (χ0n) is 9.58. The monoisotopic (exact) mass is 243 g/mol. The van der Waals surface area contributed by atoms with E-state index in [1.807, 2.05) is 0 Å². The summed E-state index contributed by atoms with van der Waals surface area (Å²) in [7, 11) is 0. The molecular weight excluding hydrogens is 230 g/mol. The molecule has 94 valence electrons. The molecule has 1 atom stereocenters. The highest BCUT2D eigenvalue weighted by atomic mass is 16.6. The Morgan fingerprint density at radius 3 is 2.53 bits per heavy atom. The van der Waals surface area contributed by atoms with Crippen molar-refractivity contribution >= 4 is 5.69 Å². The summed E-state index contributed by atoms with van der Waals surface area (Å²) in [5, 5.41) is 24.7. The van der Waals surface area contributed by atoms with Crippen molar-refractivity contribution in [3.05, 3.63) is 31.7 Å². The number of rotatable bonds is 6. The summed E-state index contributed by atoms with van der Waals surface area (Å²) < 4.78 is 4.86. The summed E-state index contributed by atoms with van der Waals surface area (Å²) in [6.07, 6.45) is 0.715. The van der Waals surface area contributed by atoms with E-state index in [4.69, 9.17) is 4.52 Å². The van der Waals surface area contributed by atoms with Crippen molar-refractivity contribution in [3.8, 4) is 0 Å². The SMILES string of the molecule is CC[C@@H](Cc1onc(C)c1[N+](=O)[O-])C[N+](=O)[O-]. The lowest BCUT2D eigenvalue weighted by Gasteiger charge is -2.06. The van der Waals surface area contributed by atoms with Gasteiger partial charge in [0, 0.05) is 17.3 Å². The highest BCUT2D eigenvalue weighted by molar-refractivity contribution is 5.37. The quantitative estimate of drug-likeness (QED) is 0.555. The third-order valence-corrected chi connectivity index (χ3v) is 2.54. The maximum atomic E-state index is 10.8. The Morgan fingerprint density at radius 2 is 2.06 bits per heavy atom. The molecule has 0 aliphatic heterocycles. The Labute approximate surface area is 96.9 Å². The average molecular weight is 243 g/mol. The van der Waals surface area contributed by atoms with Crippen LogP contribution in [0.5, 0.6) is 0 Å². The summed E-state index contributed by atoms with van der Waals surface area (Å²) in [6.45, 7) is 3.04. The van der Waals surface area contributed by atoms with Gasteiger partial charge in [0.05, 0.1) is 4.92 Å². The molecule has 0 amide bonds. The zero-order chi connectivity index (χ0) is 13.0. The van der Waals surface area contributed by atoms with E-state index in [1.54, 1.807) is 6.92 Å².